The molecule has 2 radical (unpaired) electrons. The third kappa shape index (κ3) is 13.3. The normalized spacial score (nSPS) is 11.1. The minimum atomic E-state index is -0.425. The number of ether oxygens (including phenoxy) is 1. The van der Waals surface area contributed by atoms with Crippen molar-refractivity contribution in [3.8, 4) is 0 Å². The molecule has 1 amide bonds. The van der Waals surface area contributed by atoms with Gasteiger partial charge in [0.15, 0.2) is 0 Å². The zero-order chi connectivity index (χ0) is 21.8. The Morgan fingerprint density at radius 3 is 1.86 bits per heavy atom. The number of carbonyl (C=O) groups excluding carboxylic acids is 1. The maximum Gasteiger partial charge on any atom is 0.250 e. The van der Waals surface area contributed by atoms with Crippen molar-refractivity contribution in [2.24, 2.45) is 11.5 Å². The van der Waals surface area contributed by atoms with Crippen LogP contribution < -0.4 is 11.5 Å². The first kappa shape index (κ1) is 28.3. The Morgan fingerprint density at radius 1 is 1.07 bits per heavy atom. The summed E-state index contributed by atoms with van der Waals surface area (Å²) >= 11 is 3.53. The van der Waals surface area contributed by atoms with Crippen LogP contribution in [0.2, 0.25) is 6.82 Å². The van der Waals surface area contributed by atoms with E-state index in [9.17, 15) is 4.79 Å². The van der Waals surface area contributed by atoms with Crippen molar-refractivity contribution in [2.45, 2.75) is 40.1 Å². The Balaban J connectivity index is 0. The predicted molar refractivity (Wildman–Crippen MR) is 121 cm³/mol. The Morgan fingerprint density at radius 2 is 1.57 bits per heavy atom. The number of hydrogen-bond acceptors (Lipinski definition) is 6. The van der Waals surface area contributed by atoms with E-state index in [-0.39, 0.29) is 0 Å². The number of pyridine rings is 2. The molecule has 28 heavy (non-hydrogen) atoms. The molecule has 8 heteroatoms. The molecule has 154 valence electrons. The molecule has 1 aliphatic heterocycles. The molecule has 3 rings (SSSR count). The van der Waals surface area contributed by atoms with Gasteiger partial charge in [-0.15, -0.1) is 0 Å². The molecule has 2 aromatic heterocycles. The SMILES string of the molecule is C1CCOC1.CS.Cc1ccncc1C(N)=O.Cc1ccncc1CN.[B]C. The van der Waals surface area contributed by atoms with Crippen LogP contribution in [0.3, 0.4) is 0 Å². The fourth-order valence-electron chi connectivity index (χ4n) is 1.94. The summed E-state index contributed by atoms with van der Waals surface area (Å²) in [6.45, 7) is 7.94. The summed E-state index contributed by atoms with van der Waals surface area (Å²) in [5, 5.41) is 0. The monoisotopic (exact) mass is 404 g/mol. The van der Waals surface area contributed by atoms with Gasteiger partial charge in [-0.3, -0.25) is 14.8 Å². The topological polar surface area (TPSA) is 104 Å². The summed E-state index contributed by atoms with van der Waals surface area (Å²) in [7, 11) is 4.50. The van der Waals surface area contributed by atoms with Gasteiger partial charge in [0.05, 0.1) is 13.4 Å². The summed E-state index contributed by atoms with van der Waals surface area (Å²) in [6.07, 6.45) is 10.9. The number of amides is 1. The number of aromatic nitrogens is 2. The molecule has 0 saturated carbocycles. The number of rotatable bonds is 2. The van der Waals surface area contributed by atoms with Crippen LogP contribution in [0.5, 0.6) is 0 Å². The average molecular weight is 404 g/mol. The molecule has 4 N–H and O–H groups in total. The van der Waals surface area contributed by atoms with E-state index < -0.39 is 5.91 Å². The highest BCUT2D eigenvalue weighted by Crippen LogP contribution is 2.02. The largest absolute Gasteiger partial charge is 0.381 e. The van der Waals surface area contributed by atoms with E-state index in [0.717, 1.165) is 24.3 Å². The highest BCUT2D eigenvalue weighted by Gasteiger charge is 2.01. The van der Waals surface area contributed by atoms with Crippen molar-refractivity contribution in [2.75, 3.05) is 19.5 Å². The summed E-state index contributed by atoms with van der Waals surface area (Å²) < 4.78 is 4.94. The number of nitrogens with zero attached hydrogens (tertiary/aromatic N) is 2. The van der Waals surface area contributed by atoms with Gasteiger partial charge in [-0.05, 0) is 61.8 Å². The number of nitrogens with two attached hydrogens (primary N) is 2. The van der Waals surface area contributed by atoms with Gasteiger partial charge in [0.2, 0.25) is 0 Å². The van der Waals surface area contributed by atoms with Crippen LogP contribution in [0.4, 0.5) is 0 Å². The van der Waals surface area contributed by atoms with Crippen molar-refractivity contribution in [3.63, 3.8) is 0 Å². The van der Waals surface area contributed by atoms with Gasteiger partial charge in [-0.1, -0.05) is 6.82 Å². The van der Waals surface area contributed by atoms with Crippen LogP contribution >= 0.6 is 12.6 Å². The molecule has 2 aromatic rings. The first-order valence-electron chi connectivity index (χ1n) is 8.96. The van der Waals surface area contributed by atoms with E-state index in [1.165, 1.54) is 31.4 Å². The van der Waals surface area contributed by atoms with E-state index in [4.69, 9.17) is 16.2 Å². The molecular weight excluding hydrogens is 371 g/mol. The number of primary amides is 1. The average Bonchev–Trinajstić information content (AvgIpc) is 3.32. The Bertz CT molecular complexity index is 633. The molecule has 0 aliphatic carbocycles. The van der Waals surface area contributed by atoms with Gasteiger partial charge in [-0.25, -0.2) is 0 Å². The lowest BCUT2D eigenvalue weighted by Gasteiger charge is -1.97. The lowest BCUT2D eigenvalue weighted by Crippen LogP contribution is -2.12. The molecule has 1 fully saturated rings. The van der Waals surface area contributed by atoms with Crippen LogP contribution in [-0.2, 0) is 11.3 Å². The number of hydrogen-bond donors (Lipinski definition) is 3. The van der Waals surface area contributed by atoms with Crippen LogP contribution in [-0.4, -0.2) is 43.2 Å². The fourth-order valence-corrected chi connectivity index (χ4v) is 1.94. The van der Waals surface area contributed by atoms with Gasteiger partial charge in [0.1, 0.15) is 0 Å². The lowest BCUT2D eigenvalue weighted by molar-refractivity contribution is 0.0999. The number of aryl methyl sites for hydroxylation is 2. The zero-order valence-electron chi connectivity index (χ0n) is 17.4. The van der Waals surface area contributed by atoms with Crippen LogP contribution in [0.1, 0.15) is 39.9 Å². The lowest BCUT2D eigenvalue weighted by atomic mass is 10.1. The second kappa shape index (κ2) is 19.9. The van der Waals surface area contributed by atoms with Gasteiger partial charge >= 0.3 is 0 Å². The molecule has 3 heterocycles. The summed E-state index contributed by atoms with van der Waals surface area (Å²) in [5.74, 6) is -0.425. The summed E-state index contributed by atoms with van der Waals surface area (Å²) in [5.41, 5.74) is 14.1. The van der Waals surface area contributed by atoms with Crippen LogP contribution in [0.25, 0.3) is 0 Å². The number of thiol groups is 1. The van der Waals surface area contributed by atoms with Crippen LogP contribution in [0, 0.1) is 13.8 Å². The quantitative estimate of drug-likeness (QED) is 0.527. The van der Waals surface area contributed by atoms with Gasteiger partial charge in [0, 0.05) is 44.5 Å². The van der Waals surface area contributed by atoms with E-state index in [2.05, 4.69) is 30.4 Å². The maximum atomic E-state index is 10.6. The third-order valence-electron chi connectivity index (χ3n) is 3.50. The van der Waals surface area contributed by atoms with E-state index >= 15 is 0 Å². The fraction of sp³-hybridized carbons (Fsp3) is 0.450. The molecule has 1 saturated heterocycles. The smallest absolute Gasteiger partial charge is 0.250 e. The summed E-state index contributed by atoms with van der Waals surface area (Å²) in [4.78, 5) is 18.3. The molecule has 1 aliphatic rings. The van der Waals surface area contributed by atoms with Gasteiger partial charge in [-0.2, -0.15) is 12.6 Å². The van der Waals surface area contributed by atoms with E-state index in [1.807, 2.05) is 19.9 Å². The second-order valence-corrected chi connectivity index (χ2v) is 5.38. The van der Waals surface area contributed by atoms with Crippen LogP contribution in [0.15, 0.2) is 36.9 Å². The minimum absolute atomic E-state index is 0.425. The van der Waals surface area contributed by atoms with Gasteiger partial charge in [0.25, 0.3) is 5.91 Å². The first-order valence-corrected chi connectivity index (χ1v) is 9.86. The van der Waals surface area contributed by atoms with Crippen molar-refractivity contribution < 1.29 is 9.53 Å². The molecule has 0 aromatic carbocycles. The van der Waals surface area contributed by atoms with E-state index in [0.29, 0.717) is 12.1 Å². The molecule has 0 bridgehead atoms. The molecule has 0 unspecified atom stereocenters. The Kier molecular flexibility index (Phi) is 20.1. The Hall–Kier alpha value is -1.90. The van der Waals surface area contributed by atoms with Crippen molar-refractivity contribution in [1.82, 2.24) is 9.97 Å². The van der Waals surface area contributed by atoms with Crippen molar-refractivity contribution in [3.05, 3.63) is 59.2 Å². The molecule has 0 atom stereocenters. The first-order chi connectivity index (χ1) is 13.6. The Labute approximate surface area is 176 Å². The zero-order valence-corrected chi connectivity index (χ0v) is 18.3. The molecule has 0 spiro atoms. The highest BCUT2D eigenvalue weighted by molar-refractivity contribution is 7.79. The molecule has 6 nitrogen and oxygen atoms in total. The predicted octanol–water partition coefficient (Wildman–Crippen LogP) is 2.88. The number of carbonyl (C=O) groups is 1. The van der Waals surface area contributed by atoms with Crippen molar-refractivity contribution >= 4 is 26.4 Å². The van der Waals surface area contributed by atoms with Crippen molar-refractivity contribution in [1.29, 1.82) is 0 Å². The standard InChI is InChI=1S/C7H8N2O.C7H10N2.C4H8O.CH3B.CH4S/c1-5-2-3-9-4-6(5)7(8)10;1-6-2-3-9-5-7(6)4-8;1-2-4-5-3-1;2*1-2/h2-4H,1H3,(H2,8,10);2-3,5H,4,8H2,1H3;1-4H2;1H3;2H,1H3. The second-order valence-electron chi connectivity index (χ2n) is 5.38. The highest BCUT2D eigenvalue weighted by atomic mass is 32.1. The molecular formula is C20H33BN4O2S. The maximum absolute atomic E-state index is 10.6. The third-order valence-corrected chi connectivity index (χ3v) is 3.50. The minimum Gasteiger partial charge on any atom is -0.381 e. The summed E-state index contributed by atoms with van der Waals surface area (Å²) in [6, 6.07) is 3.71. The van der Waals surface area contributed by atoms with E-state index in [1.54, 1.807) is 30.9 Å². The van der Waals surface area contributed by atoms with Gasteiger partial charge < -0.3 is 16.2 Å².